The van der Waals surface area contributed by atoms with Gasteiger partial charge in [-0.25, -0.2) is 0 Å². The predicted molar refractivity (Wildman–Crippen MR) is 73.4 cm³/mol. The first-order valence-corrected chi connectivity index (χ1v) is 6.66. The lowest BCUT2D eigenvalue weighted by Crippen LogP contribution is -2.37. The molecule has 0 fully saturated rings. The standard InChI is InChI=1S/C14H23NO4/c1-5-18-7-11-9(3)15-10(4)12(8-19-6-2)13(11)14(16)17/h11,13H,5-8H2,1-4H3,(H,16,17). The van der Waals surface area contributed by atoms with Crippen LogP contribution < -0.4 is 0 Å². The number of allylic oxidation sites excluding steroid dienone is 1. The molecule has 108 valence electrons. The van der Waals surface area contributed by atoms with Gasteiger partial charge >= 0.3 is 5.97 Å². The Bertz CT molecular complexity index is 387. The van der Waals surface area contributed by atoms with E-state index < -0.39 is 11.9 Å². The fourth-order valence-corrected chi connectivity index (χ4v) is 2.32. The maximum absolute atomic E-state index is 11.6. The predicted octanol–water partition coefficient (Wildman–Crippen LogP) is 2.12. The number of hydrogen-bond donors (Lipinski definition) is 1. The van der Waals surface area contributed by atoms with Crippen LogP contribution >= 0.6 is 0 Å². The van der Waals surface area contributed by atoms with Gasteiger partial charge in [-0.1, -0.05) is 0 Å². The van der Waals surface area contributed by atoms with Crippen molar-refractivity contribution in [3.05, 3.63) is 11.3 Å². The summed E-state index contributed by atoms with van der Waals surface area (Å²) in [5.41, 5.74) is 2.33. The second-order valence-electron chi connectivity index (χ2n) is 4.58. The van der Waals surface area contributed by atoms with Crippen LogP contribution in [0.3, 0.4) is 0 Å². The Kier molecular flexibility index (Phi) is 6.18. The first-order valence-electron chi connectivity index (χ1n) is 6.66. The summed E-state index contributed by atoms with van der Waals surface area (Å²) >= 11 is 0. The minimum atomic E-state index is -0.840. The number of aliphatic carboxylic acids is 1. The van der Waals surface area contributed by atoms with Gasteiger partial charge in [-0.2, -0.15) is 0 Å². The molecule has 0 aromatic heterocycles. The zero-order chi connectivity index (χ0) is 14.4. The first-order chi connectivity index (χ1) is 9.02. The van der Waals surface area contributed by atoms with Crippen LogP contribution in [0.2, 0.25) is 0 Å². The van der Waals surface area contributed by atoms with Gasteiger partial charge in [0, 0.05) is 30.5 Å². The average molecular weight is 269 g/mol. The van der Waals surface area contributed by atoms with Gasteiger partial charge in [0.1, 0.15) is 0 Å². The van der Waals surface area contributed by atoms with Crippen molar-refractivity contribution >= 4 is 11.7 Å². The van der Waals surface area contributed by atoms with E-state index in [1.165, 1.54) is 0 Å². The van der Waals surface area contributed by atoms with Gasteiger partial charge in [-0.3, -0.25) is 9.79 Å². The van der Waals surface area contributed by atoms with Gasteiger partial charge in [0.25, 0.3) is 0 Å². The molecule has 2 unspecified atom stereocenters. The molecule has 1 heterocycles. The number of aliphatic imine (C=N–C) groups is 1. The van der Waals surface area contributed by atoms with Gasteiger partial charge in [0.05, 0.1) is 19.1 Å². The third-order valence-corrected chi connectivity index (χ3v) is 3.35. The van der Waals surface area contributed by atoms with E-state index in [0.717, 1.165) is 17.0 Å². The molecule has 0 aromatic rings. The summed E-state index contributed by atoms with van der Waals surface area (Å²) in [6.45, 7) is 9.31. The summed E-state index contributed by atoms with van der Waals surface area (Å²) in [4.78, 5) is 16.0. The molecular formula is C14H23NO4. The zero-order valence-electron chi connectivity index (χ0n) is 12.1. The first kappa shape index (κ1) is 15.9. The Labute approximate surface area is 114 Å². The van der Waals surface area contributed by atoms with Crippen LogP contribution in [-0.2, 0) is 14.3 Å². The van der Waals surface area contributed by atoms with E-state index in [4.69, 9.17) is 9.47 Å². The Balaban J connectivity index is 3.02. The zero-order valence-corrected chi connectivity index (χ0v) is 12.1. The molecule has 0 saturated heterocycles. The SMILES string of the molecule is CCOCC1=C(C)N=C(C)C(COCC)C1C(=O)O. The molecule has 5 nitrogen and oxygen atoms in total. The molecule has 0 aromatic carbocycles. The van der Waals surface area contributed by atoms with Crippen molar-refractivity contribution in [2.45, 2.75) is 27.7 Å². The van der Waals surface area contributed by atoms with E-state index >= 15 is 0 Å². The second-order valence-corrected chi connectivity index (χ2v) is 4.58. The fraction of sp³-hybridized carbons (Fsp3) is 0.714. The topological polar surface area (TPSA) is 68.1 Å². The summed E-state index contributed by atoms with van der Waals surface area (Å²) < 4.78 is 10.8. The van der Waals surface area contributed by atoms with E-state index in [1.807, 2.05) is 27.7 Å². The van der Waals surface area contributed by atoms with Crippen LogP contribution in [0, 0.1) is 11.8 Å². The Morgan fingerprint density at radius 3 is 2.42 bits per heavy atom. The molecule has 0 radical (unpaired) electrons. The minimum absolute atomic E-state index is 0.211. The molecule has 19 heavy (non-hydrogen) atoms. The van der Waals surface area contributed by atoms with Crippen molar-refractivity contribution in [3.63, 3.8) is 0 Å². The summed E-state index contributed by atoms with van der Waals surface area (Å²) in [6.07, 6.45) is 0. The largest absolute Gasteiger partial charge is 0.481 e. The van der Waals surface area contributed by atoms with Crippen LogP contribution in [-0.4, -0.2) is 43.2 Å². The molecule has 2 atom stereocenters. The van der Waals surface area contributed by atoms with Crippen LogP contribution in [0.25, 0.3) is 0 Å². The maximum Gasteiger partial charge on any atom is 0.311 e. The highest BCUT2D eigenvalue weighted by Gasteiger charge is 2.37. The van der Waals surface area contributed by atoms with Crippen LogP contribution in [0.5, 0.6) is 0 Å². The number of hydrogen-bond acceptors (Lipinski definition) is 4. The maximum atomic E-state index is 11.6. The van der Waals surface area contributed by atoms with Gasteiger partial charge in [-0.05, 0) is 33.3 Å². The highest BCUT2D eigenvalue weighted by Crippen LogP contribution is 2.31. The van der Waals surface area contributed by atoms with Gasteiger partial charge in [0.15, 0.2) is 0 Å². The smallest absolute Gasteiger partial charge is 0.311 e. The van der Waals surface area contributed by atoms with Crippen LogP contribution in [0.1, 0.15) is 27.7 Å². The lowest BCUT2D eigenvalue weighted by Gasteiger charge is -2.30. The number of ether oxygens (including phenoxy) is 2. The Morgan fingerprint density at radius 1 is 1.26 bits per heavy atom. The van der Waals surface area contributed by atoms with Gasteiger partial charge < -0.3 is 14.6 Å². The highest BCUT2D eigenvalue weighted by molar-refractivity contribution is 5.92. The van der Waals surface area contributed by atoms with Crippen molar-refractivity contribution in [1.29, 1.82) is 0 Å². The minimum Gasteiger partial charge on any atom is -0.481 e. The van der Waals surface area contributed by atoms with Crippen LogP contribution in [0.4, 0.5) is 0 Å². The Hall–Kier alpha value is -1.20. The van der Waals surface area contributed by atoms with Crippen LogP contribution in [0.15, 0.2) is 16.3 Å². The normalized spacial score (nSPS) is 23.5. The van der Waals surface area contributed by atoms with Crippen molar-refractivity contribution in [2.75, 3.05) is 26.4 Å². The molecule has 1 aliphatic heterocycles. The molecule has 0 saturated carbocycles. The van der Waals surface area contributed by atoms with Crippen molar-refractivity contribution in [3.8, 4) is 0 Å². The number of carbonyl (C=O) groups is 1. The number of carboxylic acid groups (broad SMARTS) is 1. The quantitative estimate of drug-likeness (QED) is 0.768. The fourth-order valence-electron chi connectivity index (χ4n) is 2.32. The van der Waals surface area contributed by atoms with Crippen molar-refractivity contribution in [2.24, 2.45) is 16.8 Å². The van der Waals surface area contributed by atoms with E-state index in [-0.39, 0.29) is 5.92 Å². The van der Waals surface area contributed by atoms with Gasteiger partial charge in [-0.15, -0.1) is 0 Å². The van der Waals surface area contributed by atoms with E-state index in [9.17, 15) is 9.90 Å². The lowest BCUT2D eigenvalue weighted by atomic mass is 9.80. The number of rotatable bonds is 7. The lowest BCUT2D eigenvalue weighted by molar-refractivity contribution is -0.142. The van der Waals surface area contributed by atoms with E-state index in [2.05, 4.69) is 4.99 Å². The highest BCUT2D eigenvalue weighted by atomic mass is 16.5. The molecule has 0 spiro atoms. The molecule has 1 N–H and O–H groups in total. The third-order valence-electron chi connectivity index (χ3n) is 3.35. The summed E-state index contributed by atoms with van der Waals surface area (Å²) in [5.74, 6) is -1.65. The van der Waals surface area contributed by atoms with Crippen molar-refractivity contribution in [1.82, 2.24) is 0 Å². The molecular weight excluding hydrogens is 246 g/mol. The summed E-state index contributed by atoms with van der Waals surface area (Å²) in [6, 6.07) is 0. The molecule has 0 amide bonds. The molecule has 1 aliphatic rings. The summed E-state index contributed by atoms with van der Waals surface area (Å²) in [5, 5.41) is 9.51. The van der Waals surface area contributed by atoms with Crippen molar-refractivity contribution < 1.29 is 19.4 Å². The molecule has 1 rings (SSSR count). The van der Waals surface area contributed by atoms with Gasteiger partial charge in [0.2, 0.25) is 0 Å². The average Bonchev–Trinajstić information content (AvgIpc) is 2.35. The number of nitrogens with zero attached hydrogens (tertiary/aromatic N) is 1. The second kappa shape index (κ2) is 7.40. The molecule has 5 heteroatoms. The van der Waals surface area contributed by atoms with E-state index in [1.54, 1.807) is 0 Å². The van der Waals surface area contributed by atoms with E-state index in [0.29, 0.717) is 26.4 Å². The molecule has 0 aliphatic carbocycles. The third kappa shape index (κ3) is 3.88. The number of carboxylic acids is 1. The summed E-state index contributed by atoms with van der Waals surface area (Å²) in [7, 11) is 0. The molecule has 0 bridgehead atoms. The Morgan fingerprint density at radius 2 is 1.89 bits per heavy atom. The monoisotopic (exact) mass is 269 g/mol.